The van der Waals surface area contributed by atoms with Crippen LogP contribution in [-0.2, 0) is 11.2 Å². The minimum atomic E-state index is -0.550. The summed E-state index contributed by atoms with van der Waals surface area (Å²) in [5.74, 6) is 0.163. The van der Waals surface area contributed by atoms with E-state index >= 15 is 0 Å². The van der Waals surface area contributed by atoms with Crippen LogP contribution in [0, 0.1) is 5.82 Å². The average Bonchev–Trinajstić information content (AvgIpc) is 3.18. The van der Waals surface area contributed by atoms with Crippen molar-refractivity contribution in [2.75, 3.05) is 39.3 Å². The average molecular weight is 399 g/mol. The third-order valence-corrected chi connectivity index (χ3v) is 5.50. The Bertz CT molecular complexity index is 866. The van der Waals surface area contributed by atoms with Crippen LogP contribution in [0.5, 0.6) is 11.5 Å². The van der Waals surface area contributed by atoms with Gasteiger partial charge in [0.2, 0.25) is 0 Å². The zero-order chi connectivity index (χ0) is 20.3. The number of nitrogens with two attached hydrogens (primary N) is 1. The fraction of sp³-hybridized carbons (Fsp3) is 0.409. The fourth-order valence-corrected chi connectivity index (χ4v) is 3.93. The molecular formula is C22H26FN3O3. The van der Waals surface area contributed by atoms with E-state index in [1.807, 2.05) is 24.3 Å². The van der Waals surface area contributed by atoms with E-state index in [2.05, 4.69) is 5.32 Å². The summed E-state index contributed by atoms with van der Waals surface area (Å²) in [4.78, 5) is 14.7. The smallest absolute Gasteiger partial charge is 0.257 e. The molecule has 0 aromatic heterocycles. The van der Waals surface area contributed by atoms with Gasteiger partial charge in [0.25, 0.3) is 5.91 Å². The number of hydrogen-bond donors (Lipinski definition) is 2. The first-order valence-corrected chi connectivity index (χ1v) is 9.99. The monoisotopic (exact) mass is 399 g/mol. The molecule has 0 aliphatic carbocycles. The molecule has 2 fully saturated rings. The molecule has 3 N–H and O–H groups in total. The maximum absolute atomic E-state index is 14.5. The highest BCUT2D eigenvalue weighted by Crippen LogP contribution is 2.28. The van der Waals surface area contributed by atoms with Crippen molar-refractivity contribution in [2.24, 2.45) is 5.73 Å². The van der Waals surface area contributed by atoms with Crippen LogP contribution in [0.25, 0.3) is 0 Å². The molecule has 29 heavy (non-hydrogen) atoms. The van der Waals surface area contributed by atoms with Crippen LogP contribution in [0.1, 0.15) is 22.3 Å². The van der Waals surface area contributed by atoms with Gasteiger partial charge in [-0.15, -0.1) is 0 Å². The number of halogens is 1. The first kappa shape index (κ1) is 19.8. The second kappa shape index (κ2) is 8.49. The number of nitrogens with zero attached hydrogens (tertiary/aromatic N) is 1. The first-order valence-electron chi connectivity index (χ1n) is 9.99. The van der Waals surface area contributed by atoms with Crippen molar-refractivity contribution in [1.29, 1.82) is 0 Å². The minimum Gasteiger partial charge on any atom is -0.457 e. The van der Waals surface area contributed by atoms with Gasteiger partial charge in [-0.3, -0.25) is 4.79 Å². The predicted molar refractivity (Wildman–Crippen MR) is 108 cm³/mol. The molecule has 0 saturated carbocycles. The summed E-state index contributed by atoms with van der Waals surface area (Å²) < 4.78 is 26.2. The van der Waals surface area contributed by atoms with Gasteiger partial charge in [-0.2, -0.15) is 0 Å². The highest BCUT2D eigenvalue weighted by atomic mass is 19.1. The zero-order valence-corrected chi connectivity index (χ0v) is 16.3. The zero-order valence-electron chi connectivity index (χ0n) is 16.3. The molecule has 1 amide bonds. The first-order chi connectivity index (χ1) is 14.1. The Hall–Kier alpha value is -2.48. The van der Waals surface area contributed by atoms with Gasteiger partial charge in [0, 0.05) is 13.1 Å². The number of ether oxygens (including phenoxy) is 2. The van der Waals surface area contributed by atoms with Gasteiger partial charge in [0.1, 0.15) is 17.3 Å². The Morgan fingerprint density at radius 3 is 2.76 bits per heavy atom. The lowest BCUT2D eigenvalue weighted by Gasteiger charge is -2.40. The third kappa shape index (κ3) is 4.42. The Kier molecular flexibility index (Phi) is 5.80. The maximum atomic E-state index is 14.5. The maximum Gasteiger partial charge on any atom is 0.257 e. The second-order valence-corrected chi connectivity index (χ2v) is 7.61. The number of hydrogen-bond acceptors (Lipinski definition) is 5. The summed E-state index contributed by atoms with van der Waals surface area (Å²) in [7, 11) is 0. The van der Waals surface area contributed by atoms with Gasteiger partial charge in [-0.25, -0.2) is 4.39 Å². The molecule has 1 spiro atoms. The Labute approximate surface area is 169 Å². The molecular weight excluding hydrogens is 373 g/mol. The van der Waals surface area contributed by atoms with Gasteiger partial charge >= 0.3 is 0 Å². The van der Waals surface area contributed by atoms with Crippen molar-refractivity contribution < 1.29 is 18.7 Å². The summed E-state index contributed by atoms with van der Waals surface area (Å²) in [6, 6.07) is 11.9. The van der Waals surface area contributed by atoms with E-state index in [0.717, 1.165) is 24.9 Å². The fourth-order valence-electron chi connectivity index (χ4n) is 3.93. The molecule has 2 saturated heterocycles. The molecule has 2 aliphatic rings. The standard InChI is InChI=1S/C22H26FN3O3/c23-20-6-5-18(29-17-3-1-16(2-4-17)7-9-24)13-19(20)21(27)26-11-12-28-22(15-26)8-10-25-14-22/h1-6,13,25H,7-12,14-15,24H2. The van der Waals surface area contributed by atoms with E-state index in [4.69, 9.17) is 15.2 Å². The number of carbonyl (C=O) groups is 1. The Morgan fingerprint density at radius 2 is 2.03 bits per heavy atom. The summed E-state index contributed by atoms with van der Waals surface area (Å²) in [5, 5.41) is 3.28. The number of carbonyl (C=O) groups excluding carboxylic acids is 1. The number of nitrogens with one attached hydrogen (secondary N) is 1. The van der Waals surface area contributed by atoms with Crippen LogP contribution >= 0.6 is 0 Å². The molecule has 7 heteroatoms. The quantitative estimate of drug-likeness (QED) is 0.807. The van der Waals surface area contributed by atoms with E-state index in [0.29, 0.717) is 44.3 Å². The lowest BCUT2D eigenvalue weighted by atomic mass is 10.00. The summed E-state index contributed by atoms with van der Waals surface area (Å²) >= 11 is 0. The molecule has 0 bridgehead atoms. The molecule has 2 heterocycles. The molecule has 2 aliphatic heterocycles. The van der Waals surface area contributed by atoms with Crippen LogP contribution in [0.15, 0.2) is 42.5 Å². The minimum absolute atomic E-state index is 0.0188. The van der Waals surface area contributed by atoms with Crippen molar-refractivity contribution in [3.8, 4) is 11.5 Å². The van der Waals surface area contributed by atoms with E-state index < -0.39 is 5.82 Å². The highest BCUT2D eigenvalue weighted by Gasteiger charge is 2.41. The van der Waals surface area contributed by atoms with Gasteiger partial charge in [-0.05, 0) is 61.8 Å². The van der Waals surface area contributed by atoms with Gasteiger partial charge in [-0.1, -0.05) is 12.1 Å². The lowest BCUT2D eigenvalue weighted by molar-refractivity contribution is -0.0867. The number of rotatable bonds is 5. The highest BCUT2D eigenvalue weighted by molar-refractivity contribution is 5.95. The SMILES string of the molecule is NCCc1ccc(Oc2ccc(F)c(C(=O)N3CCOC4(CCNC4)C3)c2)cc1. The molecule has 1 unspecified atom stereocenters. The second-order valence-electron chi connectivity index (χ2n) is 7.61. The molecule has 0 radical (unpaired) electrons. The molecule has 2 aromatic carbocycles. The Balaban J connectivity index is 1.49. The normalized spacial score (nSPS) is 21.5. The molecule has 6 nitrogen and oxygen atoms in total. The van der Waals surface area contributed by atoms with Crippen LogP contribution in [0.3, 0.4) is 0 Å². The van der Waals surface area contributed by atoms with E-state index in [9.17, 15) is 9.18 Å². The lowest BCUT2D eigenvalue weighted by Crippen LogP contribution is -2.54. The van der Waals surface area contributed by atoms with Crippen molar-refractivity contribution in [2.45, 2.75) is 18.4 Å². The van der Waals surface area contributed by atoms with E-state index in [-0.39, 0.29) is 17.1 Å². The number of morpholine rings is 1. The Morgan fingerprint density at radius 1 is 1.24 bits per heavy atom. The van der Waals surface area contributed by atoms with Crippen LogP contribution < -0.4 is 15.8 Å². The number of benzene rings is 2. The molecule has 1 atom stereocenters. The predicted octanol–water partition coefficient (Wildman–Crippen LogP) is 2.32. The van der Waals surface area contributed by atoms with Crippen molar-refractivity contribution in [1.82, 2.24) is 10.2 Å². The van der Waals surface area contributed by atoms with Gasteiger partial charge < -0.3 is 25.4 Å². The number of amides is 1. The van der Waals surface area contributed by atoms with Crippen molar-refractivity contribution in [3.63, 3.8) is 0 Å². The van der Waals surface area contributed by atoms with Crippen LogP contribution in [0.2, 0.25) is 0 Å². The molecule has 154 valence electrons. The summed E-state index contributed by atoms with van der Waals surface area (Å²) in [5.41, 5.74) is 6.35. The molecule has 2 aromatic rings. The van der Waals surface area contributed by atoms with E-state index in [1.165, 1.54) is 18.2 Å². The van der Waals surface area contributed by atoms with E-state index in [1.54, 1.807) is 4.90 Å². The largest absolute Gasteiger partial charge is 0.457 e. The van der Waals surface area contributed by atoms with Crippen molar-refractivity contribution >= 4 is 5.91 Å². The van der Waals surface area contributed by atoms with Crippen molar-refractivity contribution in [3.05, 3.63) is 59.4 Å². The summed E-state index contributed by atoms with van der Waals surface area (Å²) in [6.07, 6.45) is 1.65. The van der Waals surface area contributed by atoms with Gasteiger partial charge in [0.15, 0.2) is 0 Å². The van der Waals surface area contributed by atoms with Gasteiger partial charge in [0.05, 0.1) is 24.3 Å². The topological polar surface area (TPSA) is 76.8 Å². The molecule has 4 rings (SSSR count). The van der Waals surface area contributed by atoms with Crippen LogP contribution in [-0.4, -0.2) is 55.7 Å². The summed E-state index contributed by atoms with van der Waals surface area (Å²) in [6.45, 7) is 3.54. The third-order valence-electron chi connectivity index (χ3n) is 5.50. The van der Waals surface area contributed by atoms with Crippen LogP contribution in [0.4, 0.5) is 4.39 Å².